The minimum absolute atomic E-state index is 0.00189. The Hall–Kier alpha value is -0.980. The maximum Gasteiger partial charge on any atom is 0.239 e. The molecule has 0 unspecified atom stereocenters. The van der Waals surface area contributed by atoms with Crippen molar-refractivity contribution in [2.75, 3.05) is 22.6 Å². The van der Waals surface area contributed by atoms with Gasteiger partial charge in [-0.05, 0) is 18.6 Å². The third-order valence-electron chi connectivity index (χ3n) is 2.76. The number of hydrogen-bond acceptors (Lipinski definition) is 4. The van der Waals surface area contributed by atoms with E-state index in [0.717, 1.165) is 12.8 Å². The molecule has 0 saturated carbocycles. The fraction of sp³-hybridized carbons (Fsp3) is 0.462. The van der Waals surface area contributed by atoms with Crippen molar-refractivity contribution in [3.05, 3.63) is 22.2 Å². The summed E-state index contributed by atoms with van der Waals surface area (Å²) in [5.41, 5.74) is 6.06. The molecule has 3 N–H and O–H groups in total. The Kier molecular flexibility index (Phi) is 6.77. The molecule has 0 atom stereocenters. The predicted molar refractivity (Wildman–Crippen MR) is 87.7 cm³/mol. The third-order valence-corrected chi connectivity index (χ3v) is 4.89. The first-order chi connectivity index (χ1) is 9.75. The number of benzene rings is 1. The van der Waals surface area contributed by atoms with Crippen LogP contribution >= 0.6 is 23.2 Å². The summed E-state index contributed by atoms with van der Waals surface area (Å²) < 4.78 is 23.6. The van der Waals surface area contributed by atoms with Crippen molar-refractivity contribution in [2.24, 2.45) is 0 Å². The number of nitrogens with one attached hydrogen (secondary N) is 1. The van der Waals surface area contributed by atoms with Crippen LogP contribution in [0.3, 0.4) is 0 Å². The summed E-state index contributed by atoms with van der Waals surface area (Å²) in [4.78, 5) is 11.8. The van der Waals surface area contributed by atoms with E-state index >= 15 is 0 Å². The summed E-state index contributed by atoms with van der Waals surface area (Å²) in [5.74, 6) is -1.25. The van der Waals surface area contributed by atoms with Crippen molar-refractivity contribution < 1.29 is 13.2 Å². The number of halogens is 2. The van der Waals surface area contributed by atoms with Crippen LogP contribution in [0.5, 0.6) is 0 Å². The van der Waals surface area contributed by atoms with Crippen molar-refractivity contribution >= 4 is 50.3 Å². The first-order valence-corrected chi connectivity index (χ1v) is 9.07. The van der Waals surface area contributed by atoms with Gasteiger partial charge in [0.15, 0.2) is 9.84 Å². The van der Waals surface area contributed by atoms with Gasteiger partial charge in [0.05, 0.1) is 22.2 Å². The number of amides is 1. The van der Waals surface area contributed by atoms with Crippen LogP contribution in [0.15, 0.2) is 12.1 Å². The van der Waals surface area contributed by atoms with Crippen LogP contribution in [0, 0.1) is 0 Å². The molecule has 1 aromatic rings. The lowest BCUT2D eigenvalue weighted by Gasteiger charge is -2.11. The van der Waals surface area contributed by atoms with Crippen LogP contribution in [0.4, 0.5) is 11.4 Å². The molecule has 0 aliphatic rings. The van der Waals surface area contributed by atoms with Gasteiger partial charge in [-0.25, -0.2) is 8.42 Å². The van der Waals surface area contributed by atoms with E-state index in [2.05, 4.69) is 5.32 Å². The zero-order valence-electron chi connectivity index (χ0n) is 11.7. The normalized spacial score (nSPS) is 11.4. The van der Waals surface area contributed by atoms with E-state index in [9.17, 15) is 13.2 Å². The minimum Gasteiger partial charge on any atom is -0.397 e. The molecular weight excluding hydrogens is 335 g/mol. The molecule has 1 amide bonds. The van der Waals surface area contributed by atoms with Gasteiger partial charge in [-0.15, -0.1) is 0 Å². The molecule has 0 aliphatic carbocycles. The van der Waals surface area contributed by atoms with Gasteiger partial charge < -0.3 is 11.1 Å². The Morgan fingerprint density at radius 3 is 2.52 bits per heavy atom. The Balaban J connectivity index is 2.70. The molecular formula is C13H18Cl2N2O3S. The lowest BCUT2D eigenvalue weighted by Crippen LogP contribution is -2.25. The molecule has 0 saturated heterocycles. The molecule has 1 rings (SSSR count). The van der Waals surface area contributed by atoms with Crippen LogP contribution in [-0.4, -0.2) is 25.8 Å². The van der Waals surface area contributed by atoms with Gasteiger partial charge in [0.25, 0.3) is 0 Å². The van der Waals surface area contributed by atoms with Crippen molar-refractivity contribution in [1.82, 2.24) is 0 Å². The second-order valence-corrected chi connectivity index (χ2v) is 7.73. The molecule has 0 fully saturated rings. The van der Waals surface area contributed by atoms with Crippen LogP contribution in [0.25, 0.3) is 0 Å². The highest BCUT2D eigenvalue weighted by molar-refractivity contribution is 7.92. The second-order valence-electron chi connectivity index (χ2n) is 4.70. The van der Waals surface area contributed by atoms with Gasteiger partial charge in [0.2, 0.25) is 5.91 Å². The highest BCUT2D eigenvalue weighted by Gasteiger charge is 2.18. The van der Waals surface area contributed by atoms with Crippen molar-refractivity contribution in [3.63, 3.8) is 0 Å². The van der Waals surface area contributed by atoms with E-state index < -0.39 is 21.5 Å². The summed E-state index contributed by atoms with van der Waals surface area (Å²) in [7, 11) is -3.43. The molecule has 0 aliphatic heterocycles. The topological polar surface area (TPSA) is 89.3 Å². The van der Waals surface area contributed by atoms with Crippen LogP contribution in [-0.2, 0) is 14.6 Å². The number of carbonyl (C=O) groups excluding carboxylic acids is 1. The lowest BCUT2D eigenvalue weighted by atomic mass is 10.2. The number of sulfone groups is 1. The smallest absolute Gasteiger partial charge is 0.239 e. The van der Waals surface area contributed by atoms with E-state index in [1.165, 1.54) is 12.1 Å². The van der Waals surface area contributed by atoms with Crippen LogP contribution in [0.2, 0.25) is 10.0 Å². The van der Waals surface area contributed by atoms with E-state index in [1.807, 2.05) is 6.92 Å². The van der Waals surface area contributed by atoms with E-state index in [4.69, 9.17) is 28.9 Å². The molecule has 0 aromatic heterocycles. The zero-order valence-corrected chi connectivity index (χ0v) is 14.0. The molecule has 0 bridgehead atoms. The van der Waals surface area contributed by atoms with Gasteiger partial charge in [-0.3, -0.25) is 4.79 Å². The maximum absolute atomic E-state index is 11.8. The first-order valence-electron chi connectivity index (χ1n) is 6.50. The number of hydrogen-bond donors (Lipinski definition) is 2. The number of rotatable bonds is 7. The van der Waals surface area contributed by atoms with Gasteiger partial charge in [0.1, 0.15) is 5.75 Å². The lowest BCUT2D eigenvalue weighted by molar-refractivity contribution is -0.113. The molecule has 0 spiro atoms. The Morgan fingerprint density at radius 1 is 1.29 bits per heavy atom. The van der Waals surface area contributed by atoms with Crippen LogP contribution < -0.4 is 11.1 Å². The zero-order chi connectivity index (χ0) is 16.0. The maximum atomic E-state index is 11.8. The summed E-state index contributed by atoms with van der Waals surface area (Å²) >= 11 is 11.7. The molecule has 0 heterocycles. The van der Waals surface area contributed by atoms with Crippen molar-refractivity contribution in [1.29, 1.82) is 0 Å². The predicted octanol–water partition coefficient (Wildman–Crippen LogP) is 3.12. The van der Waals surface area contributed by atoms with Gasteiger partial charge in [0, 0.05) is 5.02 Å². The number of unbranched alkanes of at least 4 members (excludes halogenated alkanes) is 2. The highest BCUT2D eigenvalue weighted by Crippen LogP contribution is 2.31. The SMILES string of the molecule is CCCCCS(=O)(=O)CC(=O)Nc1c(N)cc(Cl)cc1Cl. The average molecular weight is 353 g/mol. The molecule has 8 heteroatoms. The Bertz CT molecular complexity index is 595. The van der Waals surface area contributed by atoms with Gasteiger partial charge in [-0.1, -0.05) is 43.0 Å². The molecule has 1 aromatic carbocycles. The first kappa shape index (κ1) is 18.1. The van der Waals surface area contributed by atoms with Crippen molar-refractivity contribution in [2.45, 2.75) is 26.2 Å². The Morgan fingerprint density at radius 2 is 1.95 bits per heavy atom. The average Bonchev–Trinajstić information content (AvgIpc) is 2.33. The monoisotopic (exact) mass is 352 g/mol. The molecule has 0 radical (unpaired) electrons. The number of nitrogen functional groups attached to an aromatic ring is 1. The fourth-order valence-corrected chi connectivity index (χ4v) is 3.56. The van der Waals surface area contributed by atoms with Gasteiger partial charge in [-0.2, -0.15) is 0 Å². The number of carbonyl (C=O) groups is 1. The molecule has 21 heavy (non-hydrogen) atoms. The Labute approximate surface area is 134 Å². The summed E-state index contributed by atoms with van der Waals surface area (Å²) in [6.07, 6.45) is 2.28. The highest BCUT2D eigenvalue weighted by atomic mass is 35.5. The second kappa shape index (κ2) is 7.87. The fourth-order valence-electron chi connectivity index (χ4n) is 1.74. The molecule has 118 valence electrons. The number of anilines is 2. The van der Waals surface area contributed by atoms with E-state index in [-0.39, 0.29) is 22.2 Å². The third kappa shape index (κ3) is 6.11. The molecule has 5 nitrogen and oxygen atoms in total. The standard InChI is InChI=1S/C13H18Cl2N2O3S/c1-2-3-4-5-21(19,20)8-12(18)17-13-10(15)6-9(14)7-11(13)16/h6-7H,2-5,8,16H2,1H3,(H,17,18). The minimum atomic E-state index is -3.43. The van der Waals surface area contributed by atoms with E-state index in [1.54, 1.807) is 0 Å². The largest absolute Gasteiger partial charge is 0.397 e. The van der Waals surface area contributed by atoms with Gasteiger partial charge >= 0.3 is 0 Å². The summed E-state index contributed by atoms with van der Waals surface area (Å²) in [6.45, 7) is 1.98. The quantitative estimate of drug-likeness (QED) is 0.582. The summed E-state index contributed by atoms with van der Waals surface area (Å²) in [5, 5.41) is 2.92. The van der Waals surface area contributed by atoms with Crippen LogP contribution in [0.1, 0.15) is 26.2 Å². The number of nitrogens with two attached hydrogens (primary N) is 1. The van der Waals surface area contributed by atoms with E-state index in [0.29, 0.717) is 11.4 Å². The van der Waals surface area contributed by atoms with Crippen molar-refractivity contribution in [3.8, 4) is 0 Å². The summed E-state index contributed by atoms with van der Waals surface area (Å²) in [6, 6.07) is 2.85.